The third-order valence-electron chi connectivity index (χ3n) is 5.37. The molecule has 16 heteroatoms. The molecule has 11 nitrogen and oxygen atoms in total. The van der Waals surface area contributed by atoms with Gasteiger partial charge in [0, 0.05) is 0 Å². The lowest BCUT2D eigenvalue weighted by Gasteiger charge is -2.32. The van der Waals surface area contributed by atoms with Gasteiger partial charge in [0.2, 0.25) is 5.91 Å². The Labute approximate surface area is 203 Å². The molecule has 1 saturated heterocycles. The number of nitrogens with one attached hydrogen (secondary N) is 3. The quantitative estimate of drug-likeness (QED) is 0.281. The van der Waals surface area contributed by atoms with Crippen LogP contribution in [0.4, 0.5) is 13.2 Å². The summed E-state index contributed by atoms with van der Waals surface area (Å²) >= 11 is 0. The van der Waals surface area contributed by atoms with Crippen LogP contribution >= 0.6 is 10.8 Å². The van der Waals surface area contributed by atoms with Gasteiger partial charge in [0.05, 0.1) is 17.5 Å². The monoisotopic (exact) mass is 548 g/mol. The number of amides is 1. The van der Waals surface area contributed by atoms with E-state index >= 15 is 0 Å². The minimum atomic E-state index is -5.42. The molecule has 2 aromatic carbocycles. The molecule has 0 spiro atoms. The van der Waals surface area contributed by atoms with Gasteiger partial charge in [0.25, 0.3) is 10.0 Å². The lowest BCUT2D eigenvalue weighted by atomic mass is 10.0. The van der Waals surface area contributed by atoms with Gasteiger partial charge in [-0.05, 0) is 34.6 Å². The summed E-state index contributed by atoms with van der Waals surface area (Å²) in [6, 6.07) is 12.5. The highest BCUT2D eigenvalue weighted by Gasteiger charge is 2.43. The molecule has 0 radical (unpaired) electrons. The van der Waals surface area contributed by atoms with Gasteiger partial charge >= 0.3 is 12.1 Å². The SMILES string of the molecule is O=C1CC(c2ccc(C[C@@H](c3nc4ccccc4[nH]3)S(=O)(=O)NOC(=O)C(F)(F)F)cc2)S(O)(O)N1. The van der Waals surface area contributed by atoms with E-state index < -0.39 is 49.4 Å². The maximum atomic E-state index is 12.9. The first-order valence-electron chi connectivity index (χ1n) is 10.2. The van der Waals surface area contributed by atoms with Crippen molar-refractivity contribution in [3.05, 3.63) is 65.5 Å². The minimum Gasteiger partial charge on any atom is -0.348 e. The fourth-order valence-electron chi connectivity index (χ4n) is 3.65. The zero-order valence-electron chi connectivity index (χ0n) is 18.0. The van der Waals surface area contributed by atoms with Crippen LogP contribution in [0.1, 0.15) is 33.9 Å². The molecule has 0 saturated carbocycles. The smallest absolute Gasteiger partial charge is 0.348 e. The van der Waals surface area contributed by atoms with Crippen LogP contribution in [-0.4, -0.2) is 45.5 Å². The summed E-state index contributed by atoms with van der Waals surface area (Å²) in [7, 11) is -8.14. The summed E-state index contributed by atoms with van der Waals surface area (Å²) in [5, 5.41) is -2.50. The number of halogens is 3. The number of rotatable bonds is 7. The third-order valence-corrected chi connectivity index (χ3v) is 8.59. The van der Waals surface area contributed by atoms with Crippen molar-refractivity contribution in [2.24, 2.45) is 0 Å². The van der Waals surface area contributed by atoms with E-state index in [-0.39, 0.29) is 18.7 Å². The standard InChI is InChI=1S/C20H19F3N4O7S2/c21-20(22,23)19(29)34-27-36(32,33)16(18-24-13-3-1-2-4-14(13)25-18)9-11-5-7-12(8-6-11)15-10-17(28)26-35(15,30)31/h1-8,15-16,27,30-31H,9-10H2,(H,24,25)(H,26,28)/t15?,16-/m0/s1. The van der Waals surface area contributed by atoms with E-state index in [0.29, 0.717) is 22.2 Å². The average Bonchev–Trinajstić information content (AvgIpc) is 3.34. The maximum absolute atomic E-state index is 12.9. The van der Waals surface area contributed by atoms with Crippen molar-refractivity contribution in [3.63, 3.8) is 0 Å². The number of alkyl halides is 3. The molecule has 1 amide bonds. The summed E-state index contributed by atoms with van der Waals surface area (Å²) in [4.78, 5) is 34.6. The van der Waals surface area contributed by atoms with Crippen LogP contribution in [0.25, 0.3) is 11.0 Å². The second-order valence-electron chi connectivity index (χ2n) is 7.90. The van der Waals surface area contributed by atoms with Gasteiger partial charge in [-0.2, -0.15) is 13.2 Å². The normalized spacial score (nSPS) is 19.6. The Kier molecular flexibility index (Phi) is 6.74. The molecule has 1 aliphatic rings. The number of H-pyrrole nitrogens is 1. The number of carbonyl (C=O) groups excluding carboxylic acids is 2. The second-order valence-corrected chi connectivity index (χ2v) is 11.7. The number of imidazole rings is 1. The molecule has 4 rings (SSSR count). The Balaban J connectivity index is 1.62. The first kappa shape index (κ1) is 25.9. The van der Waals surface area contributed by atoms with E-state index in [1.54, 1.807) is 24.3 Å². The van der Waals surface area contributed by atoms with E-state index in [9.17, 15) is 40.3 Å². The van der Waals surface area contributed by atoms with E-state index in [1.165, 1.54) is 29.2 Å². The number of nitrogens with zero attached hydrogens (tertiary/aromatic N) is 1. The topological polar surface area (TPSA) is 171 Å². The Bertz CT molecular complexity index is 1380. The van der Waals surface area contributed by atoms with Crippen molar-refractivity contribution in [1.29, 1.82) is 0 Å². The number of aromatic amines is 1. The minimum absolute atomic E-state index is 0.115. The van der Waals surface area contributed by atoms with Gasteiger partial charge in [0.15, 0.2) is 0 Å². The van der Waals surface area contributed by atoms with Crippen molar-refractivity contribution >= 4 is 43.7 Å². The second kappa shape index (κ2) is 9.36. The maximum Gasteiger partial charge on any atom is 0.492 e. The predicted molar refractivity (Wildman–Crippen MR) is 122 cm³/mol. The van der Waals surface area contributed by atoms with Gasteiger partial charge < -0.3 is 9.82 Å². The molecule has 1 unspecified atom stereocenters. The highest BCUT2D eigenvalue weighted by atomic mass is 32.3. The molecule has 2 atom stereocenters. The lowest BCUT2D eigenvalue weighted by molar-refractivity contribution is -0.203. The molecule has 194 valence electrons. The van der Waals surface area contributed by atoms with Crippen molar-refractivity contribution in [2.75, 3.05) is 0 Å². The van der Waals surface area contributed by atoms with E-state index in [2.05, 4.69) is 19.5 Å². The molecule has 36 heavy (non-hydrogen) atoms. The molecule has 5 N–H and O–H groups in total. The Morgan fingerprint density at radius 3 is 2.44 bits per heavy atom. The molecule has 1 aliphatic heterocycles. The molecule has 1 aromatic heterocycles. The van der Waals surface area contributed by atoms with Crippen molar-refractivity contribution in [3.8, 4) is 0 Å². The summed E-state index contributed by atoms with van der Waals surface area (Å²) in [5.74, 6) is -3.38. The zero-order valence-corrected chi connectivity index (χ0v) is 19.7. The highest BCUT2D eigenvalue weighted by molar-refractivity contribution is 8.23. The van der Waals surface area contributed by atoms with Gasteiger partial charge in [-0.25, -0.2) is 18.2 Å². The Morgan fingerprint density at radius 2 is 1.86 bits per heavy atom. The van der Waals surface area contributed by atoms with Crippen LogP contribution in [0.3, 0.4) is 0 Å². The summed E-state index contributed by atoms with van der Waals surface area (Å²) in [6.45, 7) is 0. The van der Waals surface area contributed by atoms with Crippen LogP contribution in [0.5, 0.6) is 0 Å². The van der Waals surface area contributed by atoms with Crippen molar-refractivity contribution in [2.45, 2.75) is 29.5 Å². The van der Waals surface area contributed by atoms with Gasteiger partial charge in [-0.3, -0.25) is 18.6 Å². The van der Waals surface area contributed by atoms with E-state index in [1.807, 2.05) is 0 Å². The van der Waals surface area contributed by atoms with Gasteiger partial charge in [0.1, 0.15) is 16.3 Å². The molecule has 2 heterocycles. The first-order valence-corrected chi connectivity index (χ1v) is 13.3. The van der Waals surface area contributed by atoms with Crippen LogP contribution in [-0.2, 0) is 30.9 Å². The van der Waals surface area contributed by atoms with E-state index in [0.717, 1.165) is 0 Å². The average molecular weight is 549 g/mol. The number of sulfonamides is 1. The molecular formula is C20H19F3N4O7S2. The predicted octanol–water partition coefficient (Wildman–Crippen LogP) is 3.01. The molecule has 1 fully saturated rings. The van der Waals surface area contributed by atoms with Gasteiger partial charge in [-0.1, -0.05) is 36.4 Å². The number of benzene rings is 2. The summed E-state index contributed by atoms with van der Waals surface area (Å²) in [5.41, 5.74) is 1.67. The van der Waals surface area contributed by atoms with Crippen molar-refractivity contribution < 1.29 is 45.1 Å². The number of hydrogen-bond donors (Lipinski definition) is 5. The molecule has 3 aromatic rings. The number of hydrogen-bond acceptors (Lipinski definition) is 8. The molecule has 0 aliphatic carbocycles. The van der Waals surface area contributed by atoms with Crippen LogP contribution in [0, 0.1) is 0 Å². The van der Waals surface area contributed by atoms with Crippen LogP contribution in [0.15, 0.2) is 48.5 Å². The highest BCUT2D eigenvalue weighted by Crippen LogP contribution is 2.56. The number of fused-ring (bicyclic) bond motifs is 1. The first-order chi connectivity index (χ1) is 16.8. The summed E-state index contributed by atoms with van der Waals surface area (Å²) < 4.78 is 85.5. The number of aromatic nitrogens is 2. The third kappa shape index (κ3) is 5.46. The largest absolute Gasteiger partial charge is 0.492 e. The number of carbonyl (C=O) groups is 2. The van der Waals surface area contributed by atoms with E-state index in [4.69, 9.17) is 0 Å². The van der Waals surface area contributed by atoms with Crippen LogP contribution < -0.4 is 9.61 Å². The Morgan fingerprint density at radius 1 is 1.19 bits per heavy atom. The van der Waals surface area contributed by atoms with Crippen molar-refractivity contribution in [1.82, 2.24) is 19.6 Å². The van der Waals surface area contributed by atoms with Gasteiger partial charge in [-0.15, -0.1) is 10.8 Å². The van der Waals surface area contributed by atoms with Crippen LogP contribution in [0.2, 0.25) is 0 Å². The number of para-hydroxylation sites is 2. The zero-order chi connectivity index (χ0) is 26.3. The fraction of sp³-hybridized carbons (Fsp3) is 0.250. The molecule has 0 bridgehead atoms. The lowest BCUT2D eigenvalue weighted by Crippen LogP contribution is -2.37. The summed E-state index contributed by atoms with van der Waals surface area (Å²) in [6.07, 6.45) is -5.87. The molecular weight excluding hydrogens is 529 g/mol. The fourth-order valence-corrected chi connectivity index (χ4v) is 6.25. The Hall–Kier alpha value is -3.18.